The van der Waals surface area contributed by atoms with Gasteiger partial charge in [0.05, 0.1) is 17.2 Å². The summed E-state index contributed by atoms with van der Waals surface area (Å²) >= 11 is 2.90. The van der Waals surface area contributed by atoms with Gasteiger partial charge in [-0.05, 0) is 17.9 Å². The fourth-order valence-corrected chi connectivity index (χ4v) is 3.60. The second kappa shape index (κ2) is 8.26. The summed E-state index contributed by atoms with van der Waals surface area (Å²) in [6.45, 7) is 2.97. The molecule has 0 spiro atoms. The highest BCUT2D eigenvalue weighted by Crippen LogP contribution is 2.23. The molecule has 0 fully saturated rings. The molecule has 0 aliphatic carbocycles. The second-order valence-corrected chi connectivity index (χ2v) is 7.20. The van der Waals surface area contributed by atoms with Gasteiger partial charge in [0.1, 0.15) is 6.33 Å². The summed E-state index contributed by atoms with van der Waals surface area (Å²) in [5, 5.41) is 18.6. The minimum Gasteiger partial charge on any atom is -0.418 e. The van der Waals surface area contributed by atoms with Gasteiger partial charge in [-0.2, -0.15) is 0 Å². The molecular weight excluding hydrogens is 360 g/mol. The molecule has 25 heavy (non-hydrogen) atoms. The van der Waals surface area contributed by atoms with Gasteiger partial charge in [-0.25, -0.2) is 0 Å². The Labute approximate surface area is 153 Å². The third kappa shape index (κ3) is 4.45. The van der Waals surface area contributed by atoms with Crippen LogP contribution in [-0.2, 0) is 18.4 Å². The van der Waals surface area contributed by atoms with Gasteiger partial charge in [-0.1, -0.05) is 24.8 Å². The first-order chi connectivity index (χ1) is 12.2. The molecule has 0 radical (unpaired) electrons. The maximum Gasteiger partial charge on any atom is 0.257 e. The number of hydrogen-bond acceptors (Lipinski definition) is 8. The third-order valence-electron chi connectivity index (χ3n) is 3.37. The van der Waals surface area contributed by atoms with Crippen molar-refractivity contribution in [2.24, 2.45) is 7.05 Å². The van der Waals surface area contributed by atoms with Gasteiger partial charge in [-0.15, -0.1) is 31.7 Å². The molecule has 3 aromatic rings. The normalized spacial score (nSPS) is 11.0. The monoisotopic (exact) mass is 378 g/mol. The van der Waals surface area contributed by atoms with E-state index in [0.29, 0.717) is 35.8 Å². The molecule has 3 rings (SSSR count). The van der Waals surface area contributed by atoms with Gasteiger partial charge in [-0.3, -0.25) is 4.79 Å². The van der Waals surface area contributed by atoms with Crippen molar-refractivity contribution < 1.29 is 9.21 Å². The van der Waals surface area contributed by atoms with Crippen molar-refractivity contribution in [1.29, 1.82) is 0 Å². The van der Waals surface area contributed by atoms with Gasteiger partial charge in [0.15, 0.2) is 5.16 Å². The number of carbonyl (C=O) groups excluding carboxylic acids is 1. The Morgan fingerprint density at radius 3 is 2.96 bits per heavy atom. The van der Waals surface area contributed by atoms with Gasteiger partial charge >= 0.3 is 0 Å². The summed E-state index contributed by atoms with van der Waals surface area (Å²) in [4.78, 5) is 15.2. The van der Waals surface area contributed by atoms with E-state index in [0.717, 1.165) is 11.3 Å². The topological polar surface area (TPSA) is 89.9 Å². The molecule has 0 bridgehead atoms. The van der Waals surface area contributed by atoms with Crippen LogP contribution in [0.25, 0.3) is 10.8 Å². The first-order valence-corrected chi connectivity index (χ1v) is 9.64. The fraction of sp³-hybridized carbons (Fsp3) is 0.400. The van der Waals surface area contributed by atoms with E-state index in [-0.39, 0.29) is 5.91 Å². The predicted molar refractivity (Wildman–Crippen MR) is 95.0 cm³/mol. The second-order valence-electron chi connectivity index (χ2n) is 5.31. The molecule has 0 aliphatic heterocycles. The number of amides is 1. The van der Waals surface area contributed by atoms with Crippen LogP contribution in [0.5, 0.6) is 0 Å². The lowest BCUT2D eigenvalue weighted by Gasteiger charge is -2.19. The van der Waals surface area contributed by atoms with E-state index in [4.69, 9.17) is 4.42 Å². The Kier molecular flexibility index (Phi) is 5.82. The summed E-state index contributed by atoms with van der Waals surface area (Å²) in [6.07, 6.45) is 2.47. The van der Waals surface area contributed by atoms with Crippen molar-refractivity contribution in [3.05, 3.63) is 29.7 Å². The zero-order valence-electron chi connectivity index (χ0n) is 14.0. The van der Waals surface area contributed by atoms with E-state index in [2.05, 4.69) is 20.4 Å². The van der Waals surface area contributed by atoms with Crippen molar-refractivity contribution in [3.8, 4) is 10.8 Å². The fourth-order valence-electron chi connectivity index (χ4n) is 2.16. The third-order valence-corrected chi connectivity index (χ3v) is 5.24. The number of thiophene rings is 1. The Morgan fingerprint density at radius 2 is 2.28 bits per heavy atom. The SMILES string of the molecule is CCCN(Cc1nnc(-c2cccs2)o1)C(=O)CSc1nncn1C. The summed E-state index contributed by atoms with van der Waals surface area (Å²) in [5.41, 5.74) is 0. The lowest BCUT2D eigenvalue weighted by Crippen LogP contribution is -2.32. The summed E-state index contributed by atoms with van der Waals surface area (Å²) in [5.74, 6) is 1.22. The number of thioether (sulfide) groups is 1. The largest absolute Gasteiger partial charge is 0.418 e. The lowest BCUT2D eigenvalue weighted by molar-refractivity contribution is -0.129. The highest BCUT2D eigenvalue weighted by molar-refractivity contribution is 7.99. The van der Waals surface area contributed by atoms with Crippen LogP contribution >= 0.6 is 23.1 Å². The average molecular weight is 378 g/mol. The highest BCUT2D eigenvalue weighted by atomic mass is 32.2. The van der Waals surface area contributed by atoms with E-state index in [9.17, 15) is 4.79 Å². The Balaban J connectivity index is 1.62. The van der Waals surface area contributed by atoms with E-state index in [1.807, 2.05) is 31.5 Å². The van der Waals surface area contributed by atoms with E-state index < -0.39 is 0 Å². The molecule has 0 aliphatic rings. The lowest BCUT2D eigenvalue weighted by atomic mass is 10.4. The van der Waals surface area contributed by atoms with Crippen LogP contribution in [0.3, 0.4) is 0 Å². The van der Waals surface area contributed by atoms with Gasteiger partial charge < -0.3 is 13.9 Å². The van der Waals surface area contributed by atoms with Crippen molar-refractivity contribution in [2.45, 2.75) is 25.0 Å². The molecule has 0 aromatic carbocycles. The molecule has 0 unspecified atom stereocenters. The summed E-state index contributed by atoms with van der Waals surface area (Å²) in [7, 11) is 1.85. The molecular formula is C15H18N6O2S2. The number of aromatic nitrogens is 5. The Morgan fingerprint density at radius 1 is 1.40 bits per heavy atom. The van der Waals surface area contributed by atoms with Crippen LogP contribution in [0.15, 0.2) is 33.4 Å². The van der Waals surface area contributed by atoms with E-state index >= 15 is 0 Å². The molecule has 3 aromatic heterocycles. The standard InChI is InChI=1S/C15H18N6O2S2/c1-3-6-21(13(22)9-25-15-19-16-10-20(15)2)8-12-17-18-14(23-12)11-5-4-7-24-11/h4-5,7,10H,3,6,8-9H2,1-2H3. The first kappa shape index (κ1) is 17.6. The average Bonchev–Trinajstić information content (AvgIpc) is 3.34. The smallest absolute Gasteiger partial charge is 0.257 e. The maximum atomic E-state index is 12.5. The van der Waals surface area contributed by atoms with Crippen LogP contribution in [0.4, 0.5) is 0 Å². The molecule has 8 nitrogen and oxygen atoms in total. The van der Waals surface area contributed by atoms with Crippen LogP contribution in [0, 0.1) is 0 Å². The molecule has 10 heteroatoms. The Hall–Kier alpha value is -2.20. The molecule has 0 atom stereocenters. The molecule has 0 N–H and O–H groups in total. The molecule has 132 valence electrons. The number of nitrogens with zero attached hydrogens (tertiary/aromatic N) is 6. The summed E-state index contributed by atoms with van der Waals surface area (Å²) in [6, 6.07) is 3.86. The quantitative estimate of drug-likeness (QED) is 0.556. The van der Waals surface area contributed by atoms with Crippen LogP contribution in [0.1, 0.15) is 19.2 Å². The van der Waals surface area contributed by atoms with Crippen molar-refractivity contribution in [1.82, 2.24) is 29.9 Å². The van der Waals surface area contributed by atoms with Gasteiger partial charge in [0.2, 0.25) is 11.8 Å². The molecule has 0 saturated heterocycles. The molecule has 0 saturated carbocycles. The number of carbonyl (C=O) groups is 1. The molecule has 1 amide bonds. The van der Waals surface area contributed by atoms with Crippen LogP contribution in [0.2, 0.25) is 0 Å². The highest BCUT2D eigenvalue weighted by Gasteiger charge is 2.18. The predicted octanol–water partition coefficient (Wildman–Crippen LogP) is 2.46. The van der Waals surface area contributed by atoms with Gasteiger partial charge in [0.25, 0.3) is 5.89 Å². The van der Waals surface area contributed by atoms with Gasteiger partial charge in [0, 0.05) is 13.6 Å². The number of rotatable bonds is 8. The first-order valence-electron chi connectivity index (χ1n) is 7.78. The van der Waals surface area contributed by atoms with Crippen molar-refractivity contribution >= 4 is 29.0 Å². The van der Waals surface area contributed by atoms with E-state index in [1.54, 1.807) is 15.8 Å². The maximum absolute atomic E-state index is 12.5. The van der Waals surface area contributed by atoms with Crippen molar-refractivity contribution in [2.75, 3.05) is 12.3 Å². The van der Waals surface area contributed by atoms with Crippen LogP contribution < -0.4 is 0 Å². The zero-order chi connectivity index (χ0) is 17.6. The number of aryl methyl sites for hydroxylation is 1. The minimum absolute atomic E-state index is 0.00530. The summed E-state index contributed by atoms with van der Waals surface area (Å²) < 4.78 is 7.47. The van der Waals surface area contributed by atoms with Crippen LogP contribution in [-0.4, -0.2) is 48.1 Å². The van der Waals surface area contributed by atoms with E-state index in [1.165, 1.54) is 23.1 Å². The minimum atomic E-state index is 0.00530. The Bertz CT molecular complexity index is 814. The number of hydrogen-bond donors (Lipinski definition) is 0. The zero-order valence-corrected chi connectivity index (χ0v) is 15.6. The molecule has 3 heterocycles. The van der Waals surface area contributed by atoms with Crippen molar-refractivity contribution in [3.63, 3.8) is 0 Å².